The third kappa shape index (κ3) is 3.06. The lowest BCUT2D eigenvalue weighted by Gasteiger charge is -2.12. The monoisotopic (exact) mass is 223 g/mol. The Morgan fingerprint density at radius 3 is 3.12 bits per heavy atom. The van der Waals surface area contributed by atoms with Gasteiger partial charge in [0.1, 0.15) is 0 Å². The Morgan fingerprint density at radius 2 is 2.44 bits per heavy atom. The third-order valence-electron chi connectivity index (χ3n) is 3.11. The summed E-state index contributed by atoms with van der Waals surface area (Å²) in [5.74, 6) is 0.530. The second-order valence-electron chi connectivity index (χ2n) is 4.77. The topological polar surface area (TPSA) is 50.1 Å². The molecule has 0 aromatic carbocycles. The zero-order chi connectivity index (χ0) is 11.4. The maximum Gasteiger partial charge on any atom is 0.0951 e. The minimum absolute atomic E-state index is 0.281. The Kier molecular flexibility index (Phi) is 3.96. The highest BCUT2D eigenvalue weighted by molar-refractivity contribution is 5.03. The number of nitrogens with one attached hydrogen (secondary N) is 1. The van der Waals surface area contributed by atoms with E-state index < -0.39 is 0 Å². The van der Waals surface area contributed by atoms with E-state index in [-0.39, 0.29) is 6.61 Å². The molecule has 1 saturated carbocycles. The molecule has 0 saturated heterocycles. The van der Waals surface area contributed by atoms with Gasteiger partial charge in [-0.1, -0.05) is 6.92 Å². The largest absolute Gasteiger partial charge is 0.396 e. The van der Waals surface area contributed by atoms with Gasteiger partial charge in [-0.15, -0.1) is 0 Å². The Morgan fingerprint density at radius 1 is 1.62 bits per heavy atom. The van der Waals surface area contributed by atoms with Crippen LogP contribution in [-0.4, -0.2) is 27.8 Å². The number of hydrogen-bond donors (Lipinski definition) is 2. The maximum atomic E-state index is 8.80. The zero-order valence-corrected chi connectivity index (χ0v) is 9.89. The smallest absolute Gasteiger partial charge is 0.0951 e. The summed E-state index contributed by atoms with van der Waals surface area (Å²) in [5, 5.41) is 12.2. The molecule has 1 atom stereocenters. The van der Waals surface area contributed by atoms with E-state index in [4.69, 9.17) is 5.11 Å². The van der Waals surface area contributed by atoms with Crippen molar-refractivity contribution in [1.29, 1.82) is 0 Å². The number of aliphatic hydroxyl groups excluding tert-OH is 1. The summed E-state index contributed by atoms with van der Waals surface area (Å²) < 4.78 is 2.28. The average molecular weight is 223 g/mol. The summed E-state index contributed by atoms with van der Waals surface area (Å²) in [5.41, 5.74) is 1.28. The molecule has 1 aromatic heterocycles. The molecule has 1 aromatic rings. The zero-order valence-electron chi connectivity index (χ0n) is 9.89. The molecule has 0 spiro atoms. The van der Waals surface area contributed by atoms with E-state index in [1.165, 1.54) is 18.5 Å². The van der Waals surface area contributed by atoms with Crippen LogP contribution in [0.2, 0.25) is 0 Å². The van der Waals surface area contributed by atoms with Crippen molar-refractivity contribution in [3.8, 4) is 0 Å². The lowest BCUT2D eigenvalue weighted by atomic mass is 10.1. The first-order valence-electron chi connectivity index (χ1n) is 6.13. The van der Waals surface area contributed by atoms with Crippen molar-refractivity contribution >= 4 is 0 Å². The predicted molar refractivity (Wildman–Crippen MR) is 63.1 cm³/mol. The van der Waals surface area contributed by atoms with E-state index in [9.17, 15) is 0 Å². The molecule has 1 aliphatic rings. The highest BCUT2D eigenvalue weighted by Crippen LogP contribution is 2.35. The van der Waals surface area contributed by atoms with Gasteiger partial charge in [-0.2, -0.15) is 0 Å². The van der Waals surface area contributed by atoms with Crippen molar-refractivity contribution in [2.75, 3.05) is 13.2 Å². The molecule has 2 rings (SSSR count). The molecule has 0 bridgehead atoms. The number of nitrogens with zero attached hydrogens (tertiary/aromatic N) is 2. The van der Waals surface area contributed by atoms with Gasteiger partial charge in [0, 0.05) is 25.4 Å². The molecule has 1 fully saturated rings. The molecule has 0 amide bonds. The molecule has 1 unspecified atom stereocenters. The van der Waals surface area contributed by atoms with Crippen LogP contribution in [0.4, 0.5) is 0 Å². The fourth-order valence-electron chi connectivity index (χ4n) is 1.92. The van der Waals surface area contributed by atoms with Crippen molar-refractivity contribution in [3.05, 3.63) is 18.2 Å². The van der Waals surface area contributed by atoms with Gasteiger partial charge >= 0.3 is 0 Å². The Bertz CT molecular complexity index is 320. The van der Waals surface area contributed by atoms with E-state index >= 15 is 0 Å². The fraction of sp³-hybridized carbons (Fsp3) is 0.750. The van der Waals surface area contributed by atoms with Crippen LogP contribution in [0.25, 0.3) is 0 Å². The molecule has 1 heterocycles. The highest BCUT2D eigenvalue weighted by atomic mass is 16.3. The van der Waals surface area contributed by atoms with Crippen molar-refractivity contribution < 1.29 is 5.11 Å². The van der Waals surface area contributed by atoms with Crippen LogP contribution < -0.4 is 5.32 Å². The Labute approximate surface area is 96.7 Å². The summed E-state index contributed by atoms with van der Waals surface area (Å²) >= 11 is 0. The van der Waals surface area contributed by atoms with Crippen molar-refractivity contribution in [2.45, 2.75) is 38.8 Å². The SMILES string of the molecule is CC(CCO)CNCc1cncn1C1CC1. The van der Waals surface area contributed by atoms with Gasteiger partial charge in [-0.3, -0.25) is 0 Å². The lowest BCUT2D eigenvalue weighted by molar-refractivity contribution is 0.260. The van der Waals surface area contributed by atoms with Gasteiger partial charge in [0.15, 0.2) is 0 Å². The Balaban J connectivity index is 1.74. The number of hydrogen-bond acceptors (Lipinski definition) is 3. The number of imidazole rings is 1. The lowest BCUT2D eigenvalue weighted by Crippen LogP contribution is -2.22. The standard InChI is InChI=1S/C12H21N3O/c1-10(4-5-16)6-13-7-12-8-14-9-15(12)11-2-3-11/h8-11,13,16H,2-7H2,1H3. The quantitative estimate of drug-likeness (QED) is 0.733. The molecular formula is C12H21N3O. The molecule has 4 nitrogen and oxygen atoms in total. The van der Waals surface area contributed by atoms with Gasteiger partial charge < -0.3 is 15.0 Å². The molecule has 0 radical (unpaired) electrons. The second kappa shape index (κ2) is 5.46. The molecule has 2 N–H and O–H groups in total. The molecule has 4 heteroatoms. The maximum absolute atomic E-state index is 8.80. The first kappa shape index (κ1) is 11.6. The van der Waals surface area contributed by atoms with E-state index in [0.29, 0.717) is 12.0 Å². The molecule has 90 valence electrons. The first-order chi connectivity index (χ1) is 7.81. The molecule has 0 aliphatic heterocycles. The van der Waals surface area contributed by atoms with Gasteiger partial charge in [0.25, 0.3) is 0 Å². The predicted octanol–water partition coefficient (Wildman–Crippen LogP) is 1.33. The fourth-order valence-corrected chi connectivity index (χ4v) is 1.92. The minimum Gasteiger partial charge on any atom is -0.396 e. The number of rotatable bonds is 7. The van der Waals surface area contributed by atoms with Crippen molar-refractivity contribution in [2.24, 2.45) is 5.92 Å². The van der Waals surface area contributed by atoms with Crippen LogP contribution in [0.15, 0.2) is 12.5 Å². The van der Waals surface area contributed by atoms with Crippen LogP contribution >= 0.6 is 0 Å². The van der Waals surface area contributed by atoms with Gasteiger partial charge in [-0.05, 0) is 31.7 Å². The van der Waals surface area contributed by atoms with Crippen LogP contribution in [-0.2, 0) is 6.54 Å². The Hall–Kier alpha value is -0.870. The summed E-state index contributed by atoms with van der Waals surface area (Å²) in [4.78, 5) is 4.20. The number of aliphatic hydroxyl groups is 1. The first-order valence-corrected chi connectivity index (χ1v) is 6.13. The van der Waals surface area contributed by atoms with E-state index in [1.54, 1.807) is 0 Å². The van der Waals surface area contributed by atoms with E-state index in [2.05, 4.69) is 21.8 Å². The van der Waals surface area contributed by atoms with Crippen LogP contribution in [0.1, 0.15) is 37.9 Å². The highest BCUT2D eigenvalue weighted by Gasteiger charge is 2.24. The second-order valence-corrected chi connectivity index (χ2v) is 4.77. The summed E-state index contributed by atoms with van der Waals surface area (Å²) in [6.45, 7) is 4.27. The third-order valence-corrected chi connectivity index (χ3v) is 3.11. The van der Waals surface area contributed by atoms with Crippen molar-refractivity contribution in [3.63, 3.8) is 0 Å². The van der Waals surface area contributed by atoms with Crippen LogP contribution in [0.3, 0.4) is 0 Å². The van der Waals surface area contributed by atoms with E-state index in [1.807, 2.05) is 12.5 Å². The summed E-state index contributed by atoms with van der Waals surface area (Å²) in [6, 6.07) is 0.703. The minimum atomic E-state index is 0.281. The van der Waals surface area contributed by atoms with Crippen molar-refractivity contribution in [1.82, 2.24) is 14.9 Å². The summed E-state index contributed by atoms with van der Waals surface area (Å²) in [6.07, 6.45) is 7.34. The normalized spacial score (nSPS) is 17.6. The molecule has 1 aliphatic carbocycles. The average Bonchev–Trinajstić information content (AvgIpc) is 3.00. The molecule has 16 heavy (non-hydrogen) atoms. The summed E-state index contributed by atoms with van der Waals surface area (Å²) in [7, 11) is 0. The van der Waals surface area contributed by atoms with Crippen LogP contribution in [0, 0.1) is 5.92 Å². The number of aromatic nitrogens is 2. The van der Waals surface area contributed by atoms with E-state index in [0.717, 1.165) is 19.5 Å². The van der Waals surface area contributed by atoms with Gasteiger partial charge in [0.05, 0.1) is 12.0 Å². The van der Waals surface area contributed by atoms with Gasteiger partial charge in [-0.25, -0.2) is 4.98 Å². The van der Waals surface area contributed by atoms with Crippen LogP contribution in [0.5, 0.6) is 0 Å². The van der Waals surface area contributed by atoms with Gasteiger partial charge in [0.2, 0.25) is 0 Å². The molecular weight excluding hydrogens is 202 g/mol.